The third kappa shape index (κ3) is 3.22. The Hall–Kier alpha value is -2.30. The number of carbonyl (C=O) groups is 2. The summed E-state index contributed by atoms with van der Waals surface area (Å²) in [6.07, 6.45) is 5.70. The number of likely N-dealkylation sites (tertiary alicyclic amines) is 2. The maximum Gasteiger partial charge on any atom is 0.257 e. The summed E-state index contributed by atoms with van der Waals surface area (Å²) in [4.78, 5) is 29.1. The Kier molecular flexibility index (Phi) is 4.70. The van der Waals surface area contributed by atoms with Crippen LogP contribution in [0.1, 0.15) is 54.6 Å². The first-order chi connectivity index (χ1) is 12.6. The summed E-state index contributed by atoms with van der Waals surface area (Å²) < 4.78 is 5.80. The highest BCUT2D eigenvalue weighted by atomic mass is 16.3. The van der Waals surface area contributed by atoms with Crippen molar-refractivity contribution in [2.75, 3.05) is 19.6 Å². The number of fused-ring (bicyclic) bond motifs is 1. The Morgan fingerprint density at radius 3 is 2.92 bits per heavy atom. The summed E-state index contributed by atoms with van der Waals surface area (Å²) in [5.41, 5.74) is 1.34. The van der Waals surface area contributed by atoms with Gasteiger partial charge in [-0.15, -0.1) is 0 Å². The van der Waals surface area contributed by atoms with E-state index < -0.39 is 0 Å². The van der Waals surface area contributed by atoms with E-state index in [2.05, 4.69) is 0 Å². The molecule has 3 heterocycles. The van der Waals surface area contributed by atoms with Gasteiger partial charge in [0.1, 0.15) is 11.3 Å². The minimum absolute atomic E-state index is 0.0578. The minimum Gasteiger partial charge on any atom is -0.461 e. The molecule has 1 atom stereocenters. The Morgan fingerprint density at radius 2 is 2.12 bits per heavy atom. The molecule has 0 bridgehead atoms. The molecule has 2 aliphatic rings. The molecule has 1 aromatic carbocycles. The van der Waals surface area contributed by atoms with Gasteiger partial charge in [0.15, 0.2) is 0 Å². The summed E-state index contributed by atoms with van der Waals surface area (Å²) in [6.45, 7) is 4.32. The second-order valence-electron chi connectivity index (χ2n) is 7.50. The van der Waals surface area contributed by atoms with Gasteiger partial charge in [0.05, 0.1) is 5.56 Å². The number of amides is 2. The van der Waals surface area contributed by atoms with E-state index in [1.54, 1.807) is 0 Å². The van der Waals surface area contributed by atoms with Crippen LogP contribution in [0, 0.1) is 6.92 Å². The van der Waals surface area contributed by atoms with Crippen LogP contribution < -0.4 is 0 Å². The zero-order chi connectivity index (χ0) is 18.1. The number of benzene rings is 1. The number of furan rings is 1. The van der Waals surface area contributed by atoms with Gasteiger partial charge in [-0.1, -0.05) is 12.1 Å². The van der Waals surface area contributed by atoms with Crippen LogP contribution in [-0.4, -0.2) is 47.3 Å². The number of piperidine rings is 1. The van der Waals surface area contributed by atoms with Gasteiger partial charge in [0.2, 0.25) is 5.91 Å². The second kappa shape index (κ2) is 7.14. The first-order valence-corrected chi connectivity index (χ1v) is 9.71. The van der Waals surface area contributed by atoms with Crippen molar-refractivity contribution in [2.45, 2.75) is 51.5 Å². The molecule has 2 saturated heterocycles. The van der Waals surface area contributed by atoms with E-state index in [0.717, 1.165) is 62.9 Å². The predicted molar refractivity (Wildman–Crippen MR) is 100 cm³/mol. The van der Waals surface area contributed by atoms with Crippen LogP contribution in [0.2, 0.25) is 0 Å². The van der Waals surface area contributed by atoms with Gasteiger partial charge in [0, 0.05) is 37.5 Å². The van der Waals surface area contributed by atoms with Gasteiger partial charge in [-0.3, -0.25) is 9.59 Å². The minimum atomic E-state index is 0.0578. The van der Waals surface area contributed by atoms with E-state index in [1.165, 1.54) is 0 Å². The van der Waals surface area contributed by atoms with Gasteiger partial charge in [-0.05, 0) is 51.2 Å². The molecule has 138 valence electrons. The number of aryl methyl sites for hydroxylation is 1. The van der Waals surface area contributed by atoms with Gasteiger partial charge in [-0.25, -0.2) is 0 Å². The van der Waals surface area contributed by atoms with Crippen molar-refractivity contribution in [3.05, 3.63) is 35.6 Å². The van der Waals surface area contributed by atoms with Crippen LogP contribution in [0.4, 0.5) is 0 Å². The van der Waals surface area contributed by atoms with Crippen LogP contribution in [-0.2, 0) is 4.79 Å². The van der Waals surface area contributed by atoms with Crippen LogP contribution >= 0.6 is 0 Å². The average molecular weight is 354 g/mol. The van der Waals surface area contributed by atoms with Crippen molar-refractivity contribution < 1.29 is 14.0 Å². The zero-order valence-corrected chi connectivity index (χ0v) is 15.4. The summed E-state index contributed by atoms with van der Waals surface area (Å²) in [5.74, 6) is 1.14. The van der Waals surface area contributed by atoms with Crippen molar-refractivity contribution in [1.82, 2.24) is 9.80 Å². The molecule has 0 saturated carbocycles. The van der Waals surface area contributed by atoms with Crippen molar-refractivity contribution in [3.63, 3.8) is 0 Å². The quantitative estimate of drug-likeness (QED) is 0.840. The summed E-state index contributed by atoms with van der Waals surface area (Å²) in [5, 5.41) is 0.976. The van der Waals surface area contributed by atoms with E-state index in [1.807, 2.05) is 41.0 Å². The molecule has 26 heavy (non-hydrogen) atoms. The number of nitrogens with zero attached hydrogens (tertiary/aromatic N) is 2. The molecule has 2 aromatic rings. The number of hydrogen-bond donors (Lipinski definition) is 0. The van der Waals surface area contributed by atoms with Crippen LogP contribution in [0.15, 0.2) is 28.7 Å². The number of rotatable bonds is 4. The molecule has 0 aliphatic carbocycles. The molecule has 2 aliphatic heterocycles. The molecule has 0 unspecified atom stereocenters. The van der Waals surface area contributed by atoms with Crippen LogP contribution in [0.25, 0.3) is 11.0 Å². The molecular weight excluding hydrogens is 328 g/mol. The lowest BCUT2D eigenvalue weighted by molar-refractivity contribution is -0.127. The Labute approximate surface area is 153 Å². The molecule has 0 N–H and O–H groups in total. The smallest absolute Gasteiger partial charge is 0.257 e. The van der Waals surface area contributed by atoms with Crippen LogP contribution in [0.3, 0.4) is 0 Å². The molecule has 2 fully saturated rings. The van der Waals surface area contributed by atoms with E-state index >= 15 is 0 Å². The fourth-order valence-corrected chi connectivity index (χ4v) is 4.33. The lowest BCUT2D eigenvalue weighted by Crippen LogP contribution is -2.45. The fraction of sp³-hybridized carbons (Fsp3) is 0.524. The monoisotopic (exact) mass is 354 g/mol. The van der Waals surface area contributed by atoms with E-state index in [4.69, 9.17) is 4.42 Å². The third-order valence-corrected chi connectivity index (χ3v) is 5.69. The lowest BCUT2D eigenvalue weighted by atomic mass is 9.97. The maximum atomic E-state index is 13.3. The summed E-state index contributed by atoms with van der Waals surface area (Å²) in [7, 11) is 0. The largest absolute Gasteiger partial charge is 0.461 e. The molecule has 2 amide bonds. The second-order valence-corrected chi connectivity index (χ2v) is 7.50. The van der Waals surface area contributed by atoms with Crippen molar-refractivity contribution in [3.8, 4) is 0 Å². The van der Waals surface area contributed by atoms with Crippen molar-refractivity contribution in [1.29, 1.82) is 0 Å². The molecule has 0 radical (unpaired) electrons. The zero-order valence-electron chi connectivity index (χ0n) is 15.4. The predicted octanol–water partition coefficient (Wildman–Crippen LogP) is 3.75. The Morgan fingerprint density at radius 1 is 1.23 bits per heavy atom. The first kappa shape index (κ1) is 17.1. The van der Waals surface area contributed by atoms with Gasteiger partial charge < -0.3 is 14.2 Å². The van der Waals surface area contributed by atoms with Gasteiger partial charge in [0.25, 0.3) is 5.91 Å². The molecular formula is C21H26N2O3. The van der Waals surface area contributed by atoms with Crippen LogP contribution in [0.5, 0.6) is 0 Å². The summed E-state index contributed by atoms with van der Waals surface area (Å²) >= 11 is 0. The number of para-hydroxylation sites is 1. The van der Waals surface area contributed by atoms with Crippen molar-refractivity contribution >= 4 is 22.8 Å². The van der Waals surface area contributed by atoms with Crippen molar-refractivity contribution in [2.24, 2.45) is 0 Å². The fourth-order valence-electron chi connectivity index (χ4n) is 4.33. The highest BCUT2D eigenvalue weighted by Crippen LogP contribution is 2.28. The normalized spacial score (nSPS) is 21.0. The Bertz CT molecular complexity index is 826. The molecule has 0 spiro atoms. The lowest BCUT2D eigenvalue weighted by Gasteiger charge is -2.36. The van der Waals surface area contributed by atoms with E-state index in [9.17, 15) is 9.59 Å². The first-order valence-electron chi connectivity index (χ1n) is 9.71. The topological polar surface area (TPSA) is 53.8 Å². The standard InChI is InChI=1S/C21H26N2O3/c1-15-14-16-6-4-8-18(20(16)26-15)21(25)23-12-3-2-7-17(23)10-13-22-11-5-9-19(22)24/h4,6,8,14,17H,2-3,5,7,9-13H2,1H3/t17-/m1/s1. The molecule has 5 nitrogen and oxygen atoms in total. The SMILES string of the molecule is Cc1cc2cccc(C(=O)N3CCCC[C@@H]3CCN3CCCC3=O)c2o1. The molecule has 4 rings (SSSR count). The molecule has 1 aromatic heterocycles. The molecule has 5 heteroatoms. The van der Waals surface area contributed by atoms with Gasteiger partial charge in [-0.2, -0.15) is 0 Å². The third-order valence-electron chi connectivity index (χ3n) is 5.69. The highest BCUT2D eigenvalue weighted by molar-refractivity contribution is 6.05. The Balaban J connectivity index is 1.53. The summed E-state index contributed by atoms with van der Waals surface area (Å²) in [6, 6.07) is 7.94. The van der Waals surface area contributed by atoms with E-state index in [-0.39, 0.29) is 17.9 Å². The number of hydrogen-bond acceptors (Lipinski definition) is 3. The van der Waals surface area contributed by atoms with E-state index in [0.29, 0.717) is 17.6 Å². The average Bonchev–Trinajstić information content (AvgIpc) is 3.23. The maximum absolute atomic E-state index is 13.3. The number of carbonyl (C=O) groups excluding carboxylic acids is 2. The van der Waals surface area contributed by atoms with Gasteiger partial charge >= 0.3 is 0 Å². The highest BCUT2D eigenvalue weighted by Gasteiger charge is 2.30.